The Balaban J connectivity index is 2.61. The van der Waals surface area contributed by atoms with E-state index in [9.17, 15) is 0 Å². The van der Waals surface area contributed by atoms with Crippen molar-refractivity contribution >= 4 is 0 Å². The van der Waals surface area contributed by atoms with Crippen LogP contribution in [0.15, 0.2) is 30.6 Å². The lowest BCUT2D eigenvalue weighted by Gasteiger charge is -2.05. The van der Waals surface area contributed by atoms with E-state index in [0.717, 1.165) is 22.5 Å². The molecule has 0 aliphatic carbocycles. The molecule has 2 rings (SSSR count). The molecule has 2 aromatic rings. The van der Waals surface area contributed by atoms with Crippen molar-refractivity contribution < 1.29 is 0 Å². The highest BCUT2D eigenvalue weighted by molar-refractivity contribution is 5.64. The van der Waals surface area contributed by atoms with Crippen molar-refractivity contribution in [3.05, 3.63) is 41.9 Å². The fourth-order valence-electron chi connectivity index (χ4n) is 1.42. The molecule has 0 aliphatic heterocycles. The van der Waals surface area contributed by atoms with Gasteiger partial charge in [-0.05, 0) is 31.5 Å². The standard InChI is InChI=1S/C11H11N3/c1-8-4-3-6-12-11(8)10-5-7-13-14-9(10)2/h3-7H,1-2H3. The van der Waals surface area contributed by atoms with E-state index in [1.165, 1.54) is 0 Å². The van der Waals surface area contributed by atoms with Crippen molar-refractivity contribution in [1.82, 2.24) is 15.2 Å². The Morgan fingerprint density at radius 3 is 2.64 bits per heavy atom. The first-order valence-electron chi connectivity index (χ1n) is 4.49. The summed E-state index contributed by atoms with van der Waals surface area (Å²) in [7, 11) is 0. The molecule has 0 saturated carbocycles. The van der Waals surface area contributed by atoms with E-state index in [4.69, 9.17) is 0 Å². The van der Waals surface area contributed by atoms with Crippen molar-refractivity contribution in [1.29, 1.82) is 0 Å². The summed E-state index contributed by atoms with van der Waals surface area (Å²) in [5.74, 6) is 0. The zero-order valence-corrected chi connectivity index (χ0v) is 8.23. The topological polar surface area (TPSA) is 38.7 Å². The molecule has 0 amide bonds. The molecule has 0 unspecified atom stereocenters. The quantitative estimate of drug-likeness (QED) is 0.683. The molecular formula is C11H11N3. The zero-order chi connectivity index (χ0) is 9.97. The SMILES string of the molecule is Cc1cccnc1-c1ccnnc1C. The lowest BCUT2D eigenvalue weighted by atomic mass is 10.1. The van der Waals surface area contributed by atoms with Crippen LogP contribution in [0.3, 0.4) is 0 Å². The molecule has 0 bridgehead atoms. The molecule has 3 heteroatoms. The van der Waals surface area contributed by atoms with Gasteiger partial charge in [-0.25, -0.2) is 0 Å². The second kappa shape index (κ2) is 3.54. The smallest absolute Gasteiger partial charge is 0.0750 e. The highest BCUT2D eigenvalue weighted by Crippen LogP contribution is 2.21. The van der Waals surface area contributed by atoms with Crippen molar-refractivity contribution in [2.24, 2.45) is 0 Å². The summed E-state index contributed by atoms with van der Waals surface area (Å²) < 4.78 is 0. The maximum atomic E-state index is 4.34. The predicted octanol–water partition coefficient (Wildman–Crippen LogP) is 2.16. The fraction of sp³-hybridized carbons (Fsp3) is 0.182. The molecule has 0 N–H and O–H groups in total. The summed E-state index contributed by atoms with van der Waals surface area (Å²) in [5, 5.41) is 7.83. The number of rotatable bonds is 1. The maximum Gasteiger partial charge on any atom is 0.0750 e. The minimum Gasteiger partial charge on any atom is -0.256 e. The number of pyridine rings is 1. The average molecular weight is 185 g/mol. The van der Waals surface area contributed by atoms with Gasteiger partial charge in [0.25, 0.3) is 0 Å². The molecule has 14 heavy (non-hydrogen) atoms. The van der Waals surface area contributed by atoms with Gasteiger partial charge in [-0.2, -0.15) is 10.2 Å². The Bertz CT molecular complexity index is 408. The average Bonchev–Trinajstić information content (AvgIpc) is 2.20. The van der Waals surface area contributed by atoms with E-state index in [1.807, 2.05) is 32.0 Å². The van der Waals surface area contributed by atoms with Crippen molar-refractivity contribution in [2.45, 2.75) is 13.8 Å². The normalized spacial score (nSPS) is 10.1. The molecule has 0 aromatic carbocycles. The number of hydrogen-bond donors (Lipinski definition) is 0. The molecule has 2 aromatic heterocycles. The molecule has 0 fully saturated rings. The monoisotopic (exact) mass is 185 g/mol. The first kappa shape index (κ1) is 8.81. The summed E-state index contributed by atoms with van der Waals surface area (Å²) in [5.41, 5.74) is 4.11. The summed E-state index contributed by atoms with van der Waals surface area (Å²) >= 11 is 0. The summed E-state index contributed by atoms with van der Waals surface area (Å²) in [6.45, 7) is 3.98. The van der Waals surface area contributed by atoms with Gasteiger partial charge in [0.1, 0.15) is 0 Å². The highest BCUT2D eigenvalue weighted by atomic mass is 15.1. The zero-order valence-electron chi connectivity index (χ0n) is 8.23. The van der Waals surface area contributed by atoms with Gasteiger partial charge >= 0.3 is 0 Å². The first-order chi connectivity index (χ1) is 6.79. The number of nitrogens with zero attached hydrogens (tertiary/aromatic N) is 3. The van der Waals surface area contributed by atoms with Gasteiger partial charge in [0.15, 0.2) is 0 Å². The minimum absolute atomic E-state index is 0.911. The minimum atomic E-state index is 0.911. The third-order valence-corrected chi connectivity index (χ3v) is 2.17. The Kier molecular flexibility index (Phi) is 2.23. The van der Waals surface area contributed by atoms with Crippen molar-refractivity contribution in [3.63, 3.8) is 0 Å². The van der Waals surface area contributed by atoms with Gasteiger partial charge in [0.05, 0.1) is 17.6 Å². The van der Waals surface area contributed by atoms with Gasteiger partial charge < -0.3 is 0 Å². The molecule has 2 heterocycles. The van der Waals surface area contributed by atoms with Gasteiger partial charge in [-0.3, -0.25) is 4.98 Å². The van der Waals surface area contributed by atoms with E-state index >= 15 is 0 Å². The molecule has 0 radical (unpaired) electrons. The molecule has 70 valence electrons. The molecule has 3 nitrogen and oxygen atoms in total. The van der Waals surface area contributed by atoms with Crippen LogP contribution in [0.1, 0.15) is 11.3 Å². The van der Waals surface area contributed by atoms with Gasteiger partial charge in [-0.15, -0.1) is 0 Å². The summed E-state index contributed by atoms with van der Waals surface area (Å²) in [6, 6.07) is 5.92. The maximum absolute atomic E-state index is 4.34. The van der Waals surface area contributed by atoms with Crippen LogP contribution < -0.4 is 0 Å². The predicted molar refractivity (Wildman–Crippen MR) is 54.7 cm³/mol. The van der Waals surface area contributed by atoms with Crippen LogP contribution in [-0.2, 0) is 0 Å². The molecule has 0 spiro atoms. The van der Waals surface area contributed by atoms with Crippen LogP contribution >= 0.6 is 0 Å². The lowest BCUT2D eigenvalue weighted by Crippen LogP contribution is -1.93. The Hall–Kier alpha value is -1.77. The molecular weight excluding hydrogens is 174 g/mol. The first-order valence-corrected chi connectivity index (χ1v) is 4.49. The van der Waals surface area contributed by atoms with Crippen LogP contribution in [0.5, 0.6) is 0 Å². The van der Waals surface area contributed by atoms with E-state index in [0.29, 0.717) is 0 Å². The number of aromatic nitrogens is 3. The van der Waals surface area contributed by atoms with Gasteiger partial charge in [0, 0.05) is 11.8 Å². The lowest BCUT2D eigenvalue weighted by molar-refractivity contribution is 0.979. The van der Waals surface area contributed by atoms with E-state index in [2.05, 4.69) is 15.2 Å². The van der Waals surface area contributed by atoms with Crippen LogP contribution in [0.25, 0.3) is 11.3 Å². The van der Waals surface area contributed by atoms with E-state index < -0.39 is 0 Å². The summed E-state index contributed by atoms with van der Waals surface area (Å²) in [6.07, 6.45) is 3.48. The third-order valence-electron chi connectivity index (χ3n) is 2.17. The molecule has 0 aliphatic rings. The number of hydrogen-bond acceptors (Lipinski definition) is 3. The second-order valence-electron chi connectivity index (χ2n) is 3.20. The van der Waals surface area contributed by atoms with Crippen LogP contribution in [0, 0.1) is 13.8 Å². The fourth-order valence-corrected chi connectivity index (χ4v) is 1.42. The Morgan fingerprint density at radius 2 is 1.93 bits per heavy atom. The van der Waals surface area contributed by atoms with Crippen LogP contribution in [0.4, 0.5) is 0 Å². The third kappa shape index (κ3) is 1.48. The number of aryl methyl sites for hydroxylation is 2. The van der Waals surface area contributed by atoms with E-state index in [-0.39, 0.29) is 0 Å². The summed E-state index contributed by atoms with van der Waals surface area (Å²) in [4.78, 5) is 4.34. The highest BCUT2D eigenvalue weighted by Gasteiger charge is 2.05. The van der Waals surface area contributed by atoms with Gasteiger partial charge in [-0.1, -0.05) is 6.07 Å². The largest absolute Gasteiger partial charge is 0.256 e. The van der Waals surface area contributed by atoms with E-state index in [1.54, 1.807) is 12.4 Å². The van der Waals surface area contributed by atoms with Crippen LogP contribution in [0.2, 0.25) is 0 Å². The molecule has 0 saturated heterocycles. The Morgan fingerprint density at radius 1 is 1.07 bits per heavy atom. The molecule has 0 atom stereocenters. The second-order valence-corrected chi connectivity index (χ2v) is 3.20. The van der Waals surface area contributed by atoms with Crippen molar-refractivity contribution in [3.8, 4) is 11.3 Å². The van der Waals surface area contributed by atoms with Crippen molar-refractivity contribution in [2.75, 3.05) is 0 Å². The van der Waals surface area contributed by atoms with Crippen LogP contribution in [-0.4, -0.2) is 15.2 Å². The Labute approximate surface area is 82.8 Å². The van der Waals surface area contributed by atoms with Gasteiger partial charge in [0.2, 0.25) is 0 Å².